The molecule has 2 atom stereocenters. The summed E-state index contributed by atoms with van der Waals surface area (Å²) >= 11 is 0.979. The van der Waals surface area contributed by atoms with Crippen LogP contribution in [0.1, 0.15) is 45.9 Å². The second-order valence-electron chi connectivity index (χ2n) is 5.22. The number of carbonyl (C=O) groups excluding carboxylic acids is 3. The van der Waals surface area contributed by atoms with Crippen LogP contribution in [0.15, 0.2) is 0 Å². The van der Waals surface area contributed by atoms with Gasteiger partial charge in [-0.2, -0.15) is 0 Å². The maximum Gasteiger partial charge on any atom is 0.341 e. The van der Waals surface area contributed by atoms with Crippen molar-refractivity contribution in [1.29, 1.82) is 0 Å². The quantitative estimate of drug-likeness (QED) is 0.367. The van der Waals surface area contributed by atoms with Crippen LogP contribution in [0.5, 0.6) is 0 Å². The molecule has 1 amide bonds. The number of amides is 1. The van der Waals surface area contributed by atoms with Gasteiger partial charge in [0.05, 0.1) is 17.0 Å². The van der Waals surface area contributed by atoms with Gasteiger partial charge in [0.15, 0.2) is 5.78 Å². The minimum atomic E-state index is -0.880. The van der Waals surface area contributed by atoms with Gasteiger partial charge in [-0.3, -0.25) is 19.7 Å². The van der Waals surface area contributed by atoms with Gasteiger partial charge in [0.2, 0.25) is 11.9 Å². The van der Waals surface area contributed by atoms with Crippen molar-refractivity contribution in [2.24, 2.45) is 5.92 Å². The van der Waals surface area contributed by atoms with E-state index in [2.05, 4.69) is 5.32 Å². The summed E-state index contributed by atoms with van der Waals surface area (Å²) in [6.45, 7) is 4.77. The topological polar surface area (TPSA) is 116 Å². The molecular weight excluding hydrogens is 324 g/mol. The molecule has 2 unspecified atom stereocenters. The molecule has 8 nitrogen and oxygen atoms in total. The highest BCUT2D eigenvalue weighted by molar-refractivity contribution is 7.18. The van der Waals surface area contributed by atoms with Crippen molar-refractivity contribution < 1.29 is 24.0 Å². The van der Waals surface area contributed by atoms with Crippen LogP contribution in [-0.4, -0.2) is 35.2 Å². The average Bonchev–Trinajstić information content (AvgIpc) is 3.19. The van der Waals surface area contributed by atoms with Crippen LogP contribution in [-0.2, 0) is 9.53 Å². The van der Waals surface area contributed by atoms with Crippen molar-refractivity contribution in [3.63, 3.8) is 0 Å². The number of nitrogens with zero attached hydrogens (tertiary/aromatic N) is 1. The van der Waals surface area contributed by atoms with E-state index in [9.17, 15) is 24.5 Å². The van der Waals surface area contributed by atoms with Crippen LogP contribution in [0.2, 0.25) is 0 Å². The highest BCUT2D eigenvalue weighted by atomic mass is 32.1. The van der Waals surface area contributed by atoms with E-state index in [1.807, 2.05) is 0 Å². The number of esters is 1. The maximum absolute atomic E-state index is 12.1. The Morgan fingerprint density at radius 1 is 1.43 bits per heavy atom. The van der Waals surface area contributed by atoms with Crippen LogP contribution in [0, 0.1) is 23.0 Å². The lowest BCUT2D eigenvalue weighted by molar-refractivity contribution is -0.497. The number of thiophene rings is 1. The minimum Gasteiger partial charge on any atom is -0.462 e. The SMILES string of the molecule is CCOC(=O)c1c(NC(=O)C2CC2[N+](=O)[O-])sc(C(C)=O)c1C. The van der Waals surface area contributed by atoms with Crippen molar-refractivity contribution in [3.8, 4) is 0 Å². The molecule has 0 radical (unpaired) electrons. The molecule has 1 aromatic heterocycles. The number of ketones is 1. The summed E-state index contributed by atoms with van der Waals surface area (Å²) in [5.74, 6) is -2.09. The fraction of sp³-hybridized carbons (Fsp3) is 0.500. The number of ether oxygens (including phenoxy) is 1. The first-order valence-electron chi connectivity index (χ1n) is 7.03. The second-order valence-corrected chi connectivity index (χ2v) is 6.24. The first-order chi connectivity index (χ1) is 10.8. The molecule has 1 heterocycles. The number of hydrogen-bond acceptors (Lipinski definition) is 7. The summed E-state index contributed by atoms with van der Waals surface area (Å²) in [7, 11) is 0. The summed E-state index contributed by atoms with van der Waals surface area (Å²) in [6.07, 6.45) is 0.178. The van der Waals surface area contributed by atoms with Gasteiger partial charge in [-0.1, -0.05) is 0 Å². The molecule has 0 aromatic carbocycles. The van der Waals surface area contributed by atoms with Gasteiger partial charge in [0, 0.05) is 11.3 Å². The highest BCUT2D eigenvalue weighted by Crippen LogP contribution is 2.38. The zero-order valence-corrected chi connectivity index (χ0v) is 13.7. The summed E-state index contributed by atoms with van der Waals surface area (Å²) in [6, 6.07) is -0.880. The van der Waals surface area contributed by atoms with Crippen LogP contribution >= 0.6 is 11.3 Å². The Hall–Kier alpha value is -2.29. The summed E-state index contributed by atoms with van der Waals surface area (Å²) in [5, 5.41) is 13.4. The zero-order chi connectivity index (χ0) is 17.3. The van der Waals surface area contributed by atoms with Gasteiger partial charge in [0.25, 0.3) is 0 Å². The Balaban J connectivity index is 2.28. The molecule has 1 N–H and O–H groups in total. The fourth-order valence-electron chi connectivity index (χ4n) is 2.29. The molecule has 1 fully saturated rings. The van der Waals surface area contributed by atoms with Crippen LogP contribution in [0.4, 0.5) is 5.00 Å². The predicted molar refractivity (Wildman–Crippen MR) is 82.5 cm³/mol. The van der Waals surface area contributed by atoms with Gasteiger partial charge in [-0.05, 0) is 26.3 Å². The van der Waals surface area contributed by atoms with Crippen LogP contribution in [0.3, 0.4) is 0 Å². The van der Waals surface area contributed by atoms with Crippen LogP contribution in [0.25, 0.3) is 0 Å². The molecule has 2 rings (SSSR count). The molecule has 9 heteroatoms. The molecule has 0 bridgehead atoms. The molecule has 0 saturated heterocycles. The number of rotatable bonds is 6. The molecule has 0 aliphatic heterocycles. The highest BCUT2D eigenvalue weighted by Gasteiger charge is 2.53. The number of nitro groups is 1. The lowest BCUT2D eigenvalue weighted by Gasteiger charge is -2.06. The van der Waals surface area contributed by atoms with E-state index in [1.54, 1.807) is 13.8 Å². The zero-order valence-electron chi connectivity index (χ0n) is 12.9. The summed E-state index contributed by atoms with van der Waals surface area (Å²) in [4.78, 5) is 46.3. The van der Waals surface area contributed by atoms with Crippen molar-refractivity contribution in [2.75, 3.05) is 11.9 Å². The smallest absolute Gasteiger partial charge is 0.341 e. The third kappa shape index (κ3) is 3.39. The van der Waals surface area contributed by atoms with E-state index in [4.69, 9.17) is 4.74 Å². The van der Waals surface area contributed by atoms with E-state index in [0.717, 1.165) is 11.3 Å². The van der Waals surface area contributed by atoms with E-state index < -0.39 is 28.8 Å². The fourth-order valence-corrected chi connectivity index (χ4v) is 3.38. The standard InChI is InChI=1S/C14H16N2O6S/c1-4-22-14(19)10-6(2)11(7(3)17)23-13(10)15-12(18)8-5-9(8)16(20)21/h8-9H,4-5H2,1-3H3,(H,15,18). The number of Topliss-reactive ketones (excluding diaryl/α,β-unsaturated/α-hetero) is 1. The van der Waals surface area contributed by atoms with Crippen molar-refractivity contribution in [2.45, 2.75) is 33.2 Å². The third-order valence-corrected chi connectivity index (χ3v) is 4.86. The average molecular weight is 340 g/mol. The molecule has 23 heavy (non-hydrogen) atoms. The first kappa shape index (κ1) is 17.1. The normalized spacial score (nSPS) is 19.1. The molecule has 124 valence electrons. The van der Waals surface area contributed by atoms with Gasteiger partial charge < -0.3 is 10.1 Å². The molecule has 1 aliphatic carbocycles. The summed E-state index contributed by atoms with van der Waals surface area (Å²) < 4.78 is 4.96. The van der Waals surface area contributed by atoms with Gasteiger partial charge in [-0.25, -0.2) is 4.79 Å². The number of hydrogen-bond donors (Lipinski definition) is 1. The van der Waals surface area contributed by atoms with E-state index >= 15 is 0 Å². The van der Waals surface area contributed by atoms with Gasteiger partial charge in [0.1, 0.15) is 10.9 Å². The molecule has 1 aromatic rings. The van der Waals surface area contributed by atoms with Crippen molar-refractivity contribution in [3.05, 3.63) is 26.1 Å². The lowest BCUT2D eigenvalue weighted by atomic mass is 10.1. The maximum atomic E-state index is 12.1. The monoisotopic (exact) mass is 340 g/mol. The molecular formula is C14H16N2O6S. The van der Waals surface area contributed by atoms with Gasteiger partial charge in [-0.15, -0.1) is 11.3 Å². The first-order valence-corrected chi connectivity index (χ1v) is 7.85. The number of anilines is 1. The van der Waals surface area contributed by atoms with Crippen molar-refractivity contribution in [1.82, 2.24) is 0 Å². The molecule has 0 spiro atoms. The van der Waals surface area contributed by atoms with E-state index in [-0.39, 0.29) is 29.4 Å². The number of carbonyl (C=O) groups is 3. The predicted octanol–water partition coefficient (Wildman–Crippen LogP) is 2.04. The van der Waals surface area contributed by atoms with Crippen molar-refractivity contribution >= 4 is 34.0 Å². The summed E-state index contributed by atoms with van der Waals surface area (Å²) in [5.41, 5.74) is 0.576. The lowest BCUT2D eigenvalue weighted by Crippen LogP contribution is -2.19. The largest absolute Gasteiger partial charge is 0.462 e. The molecule has 1 aliphatic rings. The molecule has 1 saturated carbocycles. The van der Waals surface area contributed by atoms with E-state index in [1.165, 1.54) is 6.92 Å². The Kier molecular flexibility index (Phi) is 4.79. The van der Waals surface area contributed by atoms with E-state index in [0.29, 0.717) is 10.4 Å². The Morgan fingerprint density at radius 2 is 2.09 bits per heavy atom. The third-order valence-electron chi connectivity index (χ3n) is 3.55. The minimum absolute atomic E-state index is 0.133. The Bertz CT molecular complexity index is 696. The Morgan fingerprint density at radius 3 is 2.57 bits per heavy atom. The number of nitrogens with one attached hydrogen (secondary N) is 1. The Labute approximate surface area is 136 Å². The van der Waals surface area contributed by atoms with Gasteiger partial charge >= 0.3 is 5.97 Å². The second kappa shape index (κ2) is 6.45. The van der Waals surface area contributed by atoms with Crippen LogP contribution < -0.4 is 5.32 Å².